The number of nitrogens with zero attached hydrogens (tertiary/aromatic N) is 1. The fourth-order valence-electron chi connectivity index (χ4n) is 4.14. The maximum atomic E-state index is 13.0. The number of carbonyl (C=O) groups is 2. The number of benzene rings is 2. The van der Waals surface area contributed by atoms with Gasteiger partial charge in [-0.15, -0.1) is 12.4 Å². The first-order valence-corrected chi connectivity index (χ1v) is 11.5. The van der Waals surface area contributed by atoms with Crippen molar-refractivity contribution in [3.05, 3.63) is 53.6 Å². The van der Waals surface area contributed by atoms with Crippen molar-refractivity contribution < 1.29 is 19.1 Å². The van der Waals surface area contributed by atoms with Crippen molar-refractivity contribution in [3.8, 4) is 11.5 Å². The largest absolute Gasteiger partial charge is 0.497 e. The van der Waals surface area contributed by atoms with Crippen LogP contribution in [-0.4, -0.2) is 63.0 Å². The first-order valence-electron chi connectivity index (χ1n) is 11.5. The van der Waals surface area contributed by atoms with Gasteiger partial charge in [0, 0.05) is 18.2 Å². The molecule has 0 radical (unpaired) electrons. The molecular weight excluding hydrogens is 454 g/mol. The highest BCUT2D eigenvalue weighted by molar-refractivity contribution is 6.11. The van der Waals surface area contributed by atoms with Crippen LogP contribution in [0.3, 0.4) is 0 Å². The van der Waals surface area contributed by atoms with E-state index in [1.54, 1.807) is 49.6 Å². The van der Waals surface area contributed by atoms with Crippen LogP contribution in [0.5, 0.6) is 11.5 Å². The van der Waals surface area contributed by atoms with E-state index in [-0.39, 0.29) is 30.6 Å². The maximum Gasteiger partial charge on any atom is 0.239 e. The van der Waals surface area contributed by atoms with Crippen LogP contribution in [0.25, 0.3) is 0 Å². The molecule has 186 valence electrons. The number of amides is 1. The summed E-state index contributed by atoms with van der Waals surface area (Å²) in [5, 5.41) is 6.16. The second kappa shape index (κ2) is 13.2. The number of hydrogen-bond acceptors (Lipinski definition) is 6. The number of ketones is 1. The Kier molecular flexibility index (Phi) is 10.7. The summed E-state index contributed by atoms with van der Waals surface area (Å²) < 4.78 is 10.7. The van der Waals surface area contributed by atoms with Crippen molar-refractivity contribution in [1.29, 1.82) is 0 Å². The van der Waals surface area contributed by atoms with Crippen molar-refractivity contribution >= 4 is 29.8 Å². The molecule has 1 fully saturated rings. The first kappa shape index (κ1) is 27.5. The van der Waals surface area contributed by atoms with Gasteiger partial charge in [0.2, 0.25) is 5.91 Å². The highest BCUT2D eigenvalue weighted by atomic mass is 35.5. The predicted molar refractivity (Wildman–Crippen MR) is 138 cm³/mol. The van der Waals surface area contributed by atoms with E-state index < -0.39 is 0 Å². The standard InChI is InChI=1S/C26H35N3O4.ClH/c1-18(2)29-14-12-19(13-15-29)16-28-24(30)17-27-23-7-5-6-22(26(23)33-4)25(31)20-8-10-21(32-3)11-9-20;/h5-11,18-19,27H,12-17H2,1-4H3,(H,28,30);1H. The molecule has 1 amide bonds. The molecule has 3 rings (SSSR count). The smallest absolute Gasteiger partial charge is 0.239 e. The van der Waals surface area contributed by atoms with Crippen LogP contribution in [0.1, 0.15) is 42.6 Å². The lowest BCUT2D eigenvalue weighted by Crippen LogP contribution is -2.42. The summed E-state index contributed by atoms with van der Waals surface area (Å²) in [6, 6.07) is 12.8. The van der Waals surface area contributed by atoms with Crippen LogP contribution in [0.2, 0.25) is 0 Å². The minimum atomic E-state index is -0.157. The zero-order valence-corrected chi connectivity index (χ0v) is 21.2. The lowest BCUT2D eigenvalue weighted by Gasteiger charge is -2.34. The van der Waals surface area contributed by atoms with Crippen molar-refractivity contribution in [2.24, 2.45) is 5.92 Å². The molecule has 2 aromatic carbocycles. The Morgan fingerprint density at radius 3 is 2.29 bits per heavy atom. The van der Waals surface area contributed by atoms with Crippen LogP contribution < -0.4 is 20.1 Å². The summed E-state index contributed by atoms with van der Waals surface area (Å²) in [5.41, 5.74) is 1.58. The summed E-state index contributed by atoms with van der Waals surface area (Å²) in [7, 11) is 3.11. The number of methoxy groups -OCH3 is 2. The molecule has 1 aliphatic rings. The number of anilines is 1. The molecule has 1 aliphatic heterocycles. The second-order valence-corrected chi connectivity index (χ2v) is 8.67. The Morgan fingerprint density at radius 1 is 1.03 bits per heavy atom. The molecule has 1 heterocycles. The quantitative estimate of drug-likeness (QED) is 0.491. The normalized spacial score (nSPS) is 14.3. The SMILES string of the molecule is COc1ccc(C(=O)c2cccc(NCC(=O)NCC3CCN(C(C)C)CC3)c2OC)cc1.Cl. The molecule has 1 saturated heterocycles. The van der Waals surface area contributed by atoms with Gasteiger partial charge >= 0.3 is 0 Å². The van der Waals surface area contributed by atoms with Gasteiger partial charge in [-0.2, -0.15) is 0 Å². The van der Waals surface area contributed by atoms with Crippen molar-refractivity contribution in [2.45, 2.75) is 32.7 Å². The molecule has 8 heteroatoms. The molecule has 7 nitrogen and oxygen atoms in total. The Labute approximate surface area is 208 Å². The van der Waals surface area contributed by atoms with Crippen molar-refractivity contribution in [1.82, 2.24) is 10.2 Å². The van der Waals surface area contributed by atoms with E-state index in [9.17, 15) is 9.59 Å². The predicted octanol–water partition coefficient (Wildman–Crippen LogP) is 4.01. The topological polar surface area (TPSA) is 79.9 Å². The fraction of sp³-hybridized carbons (Fsp3) is 0.462. The van der Waals surface area contributed by atoms with Gasteiger partial charge in [-0.1, -0.05) is 6.07 Å². The van der Waals surface area contributed by atoms with Gasteiger partial charge in [-0.05, 0) is 82.1 Å². The molecule has 0 aromatic heterocycles. The third kappa shape index (κ3) is 7.11. The molecule has 0 aliphatic carbocycles. The highest BCUT2D eigenvalue weighted by Gasteiger charge is 2.21. The third-order valence-electron chi connectivity index (χ3n) is 6.22. The molecule has 0 saturated carbocycles. The number of piperidine rings is 1. The number of ether oxygens (including phenoxy) is 2. The van der Waals surface area contributed by atoms with E-state index in [1.807, 2.05) is 0 Å². The van der Waals surface area contributed by atoms with E-state index in [0.29, 0.717) is 46.8 Å². The van der Waals surface area contributed by atoms with Crippen LogP contribution in [0, 0.1) is 5.92 Å². The average Bonchev–Trinajstić information content (AvgIpc) is 2.85. The van der Waals surface area contributed by atoms with E-state index in [2.05, 4.69) is 29.4 Å². The maximum absolute atomic E-state index is 13.0. The Hall–Kier alpha value is -2.77. The molecule has 0 bridgehead atoms. The summed E-state index contributed by atoms with van der Waals surface area (Å²) >= 11 is 0. The number of halogens is 1. The number of hydrogen-bond donors (Lipinski definition) is 2. The second-order valence-electron chi connectivity index (χ2n) is 8.67. The summed E-state index contributed by atoms with van der Waals surface area (Å²) in [6.07, 6.45) is 2.21. The van der Waals surface area contributed by atoms with Gasteiger partial charge < -0.3 is 25.0 Å². The summed E-state index contributed by atoms with van der Waals surface area (Å²) in [4.78, 5) is 27.9. The van der Waals surface area contributed by atoms with Crippen LogP contribution in [0.15, 0.2) is 42.5 Å². The van der Waals surface area contributed by atoms with E-state index in [4.69, 9.17) is 9.47 Å². The number of carbonyl (C=O) groups excluding carboxylic acids is 2. The van der Waals surface area contributed by atoms with Crippen LogP contribution >= 0.6 is 12.4 Å². The van der Waals surface area contributed by atoms with Crippen LogP contribution in [-0.2, 0) is 4.79 Å². The summed E-state index contributed by atoms with van der Waals surface area (Å²) in [6.45, 7) is 7.43. The zero-order chi connectivity index (χ0) is 23.8. The molecule has 0 unspecified atom stereocenters. The van der Waals surface area contributed by atoms with Gasteiger partial charge in [-0.25, -0.2) is 0 Å². The molecule has 0 spiro atoms. The zero-order valence-electron chi connectivity index (χ0n) is 20.4. The van der Waals surface area contributed by atoms with Gasteiger partial charge in [-0.3, -0.25) is 9.59 Å². The lowest BCUT2D eigenvalue weighted by atomic mass is 9.96. The number of rotatable bonds is 10. The van der Waals surface area contributed by atoms with Gasteiger partial charge in [0.1, 0.15) is 5.75 Å². The molecule has 0 atom stereocenters. The van der Waals surface area contributed by atoms with Gasteiger partial charge in [0.15, 0.2) is 11.5 Å². The minimum Gasteiger partial charge on any atom is -0.497 e. The van der Waals surface area contributed by atoms with E-state index in [0.717, 1.165) is 25.9 Å². The first-order chi connectivity index (χ1) is 15.9. The molecule has 34 heavy (non-hydrogen) atoms. The Bertz CT molecular complexity index is 942. The van der Waals surface area contributed by atoms with Crippen LogP contribution in [0.4, 0.5) is 5.69 Å². The Balaban J connectivity index is 0.00000408. The number of nitrogens with one attached hydrogen (secondary N) is 2. The lowest BCUT2D eigenvalue weighted by molar-refractivity contribution is -0.119. The van der Waals surface area contributed by atoms with E-state index in [1.165, 1.54) is 7.11 Å². The highest BCUT2D eigenvalue weighted by Crippen LogP contribution is 2.30. The molecular formula is C26H36ClN3O4. The number of likely N-dealkylation sites (tertiary alicyclic amines) is 1. The van der Waals surface area contributed by atoms with Crippen molar-refractivity contribution in [2.75, 3.05) is 45.7 Å². The van der Waals surface area contributed by atoms with Gasteiger partial charge in [0.05, 0.1) is 32.0 Å². The Morgan fingerprint density at radius 2 is 1.71 bits per heavy atom. The number of para-hydroxylation sites is 1. The molecule has 2 N–H and O–H groups in total. The van der Waals surface area contributed by atoms with Crippen molar-refractivity contribution in [3.63, 3.8) is 0 Å². The minimum absolute atomic E-state index is 0. The average molecular weight is 490 g/mol. The fourth-order valence-corrected chi connectivity index (χ4v) is 4.14. The molecule has 2 aromatic rings. The third-order valence-corrected chi connectivity index (χ3v) is 6.22. The van der Waals surface area contributed by atoms with Gasteiger partial charge in [0.25, 0.3) is 0 Å². The summed E-state index contributed by atoms with van der Waals surface area (Å²) in [5.74, 6) is 1.40. The monoisotopic (exact) mass is 489 g/mol. The van der Waals surface area contributed by atoms with E-state index >= 15 is 0 Å².